The minimum Gasteiger partial charge on any atom is -0.380 e. The van der Waals surface area contributed by atoms with Gasteiger partial charge in [0.25, 0.3) is 0 Å². The van der Waals surface area contributed by atoms with Crippen LogP contribution in [0.4, 0.5) is 15.6 Å². The molecule has 5 nitrogen and oxygen atoms in total. The van der Waals surface area contributed by atoms with E-state index in [0.717, 1.165) is 26.4 Å². The largest absolute Gasteiger partial charge is 0.380 e. The summed E-state index contributed by atoms with van der Waals surface area (Å²) in [4.78, 5) is 17.8. The van der Waals surface area contributed by atoms with Gasteiger partial charge in [-0.2, -0.15) is 0 Å². The van der Waals surface area contributed by atoms with Gasteiger partial charge < -0.3 is 10.1 Å². The fourth-order valence-corrected chi connectivity index (χ4v) is 3.66. The van der Waals surface area contributed by atoms with Crippen molar-refractivity contribution in [2.45, 2.75) is 11.5 Å². The number of fused-ring (bicyclic) bond motifs is 1. The fraction of sp³-hybridized carbons (Fsp3) is 0.176. The zero-order valence-corrected chi connectivity index (χ0v) is 15.0. The molecule has 0 atom stereocenters. The molecule has 3 aromatic rings. The predicted octanol–water partition coefficient (Wildman–Crippen LogP) is 4.81. The van der Waals surface area contributed by atoms with Gasteiger partial charge in [-0.15, -0.1) is 11.8 Å². The van der Waals surface area contributed by atoms with Crippen molar-refractivity contribution in [3.05, 3.63) is 48.0 Å². The smallest absolute Gasteiger partial charge is 0.325 e. The Morgan fingerprint density at radius 2 is 2.08 bits per heavy atom. The molecule has 1 heterocycles. The Bertz CT molecular complexity index is 864. The normalized spacial score (nSPS) is 10.8. The number of methoxy groups -OCH3 is 1. The highest BCUT2D eigenvalue weighted by Crippen LogP contribution is 2.28. The second kappa shape index (κ2) is 7.65. The lowest BCUT2D eigenvalue weighted by molar-refractivity contribution is 0.186. The van der Waals surface area contributed by atoms with Gasteiger partial charge in [0.15, 0.2) is 5.13 Å². The number of ether oxygens (including phenoxy) is 1. The van der Waals surface area contributed by atoms with E-state index in [4.69, 9.17) is 4.74 Å². The van der Waals surface area contributed by atoms with Crippen molar-refractivity contribution in [1.29, 1.82) is 0 Å². The Balaban J connectivity index is 1.74. The van der Waals surface area contributed by atoms with Gasteiger partial charge in [0.2, 0.25) is 0 Å². The number of carbonyl (C=O) groups is 1. The molecule has 0 fully saturated rings. The number of amides is 2. The Morgan fingerprint density at radius 3 is 2.88 bits per heavy atom. The van der Waals surface area contributed by atoms with Gasteiger partial charge in [0.1, 0.15) is 0 Å². The number of para-hydroxylation sites is 1. The van der Waals surface area contributed by atoms with Crippen LogP contribution in [-0.4, -0.2) is 24.4 Å². The van der Waals surface area contributed by atoms with Crippen molar-refractivity contribution >= 4 is 50.2 Å². The van der Waals surface area contributed by atoms with E-state index in [9.17, 15) is 4.79 Å². The molecule has 0 radical (unpaired) electrons. The van der Waals surface area contributed by atoms with Crippen LogP contribution in [0.25, 0.3) is 10.2 Å². The van der Waals surface area contributed by atoms with E-state index < -0.39 is 0 Å². The second-order valence-corrected chi connectivity index (χ2v) is 6.94. The topological polar surface area (TPSA) is 63.2 Å². The molecule has 0 unspecified atom stereocenters. The van der Waals surface area contributed by atoms with Crippen LogP contribution in [-0.2, 0) is 11.3 Å². The maximum Gasteiger partial charge on any atom is 0.325 e. The number of urea groups is 1. The average molecular weight is 359 g/mol. The molecule has 0 saturated heterocycles. The number of hydrogen-bond donors (Lipinski definition) is 2. The second-order valence-electron chi connectivity index (χ2n) is 5.03. The summed E-state index contributed by atoms with van der Waals surface area (Å²) in [6, 6.07) is 13.3. The van der Waals surface area contributed by atoms with Gasteiger partial charge in [-0.05, 0) is 30.5 Å². The lowest BCUT2D eigenvalue weighted by atomic mass is 10.2. The van der Waals surface area contributed by atoms with E-state index in [1.807, 2.05) is 48.7 Å². The lowest BCUT2D eigenvalue weighted by Crippen LogP contribution is -2.19. The Labute approximate surface area is 148 Å². The van der Waals surface area contributed by atoms with Crippen molar-refractivity contribution in [2.75, 3.05) is 24.0 Å². The molecule has 0 bridgehead atoms. The zero-order valence-electron chi connectivity index (χ0n) is 13.3. The molecule has 0 aliphatic rings. The molecule has 1 aromatic heterocycles. The third kappa shape index (κ3) is 3.87. The van der Waals surface area contributed by atoms with Gasteiger partial charge in [0, 0.05) is 23.3 Å². The van der Waals surface area contributed by atoms with Crippen LogP contribution in [0.2, 0.25) is 0 Å². The third-order valence-corrected chi connectivity index (χ3v) is 5.01. The number of thiazole rings is 1. The van der Waals surface area contributed by atoms with Gasteiger partial charge in [0.05, 0.1) is 16.8 Å². The maximum absolute atomic E-state index is 12.2. The van der Waals surface area contributed by atoms with Gasteiger partial charge in [-0.3, -0.25) is 5.32 Å². The number of rotatable bonds is 5. The van der Waals surface area contributed by atoms with Crippen LogP contribution in [0.1, 0.15) is 5.56 Å². The van der Waals surface area contributed by atoms with Crippen LogP contribution in [0.5, 0.6) is 0 Å². The lowest BCUT2D eigenvalue weighted by Gasteiger charge is -2.06. The monoisotopic (exact) mass is 359 g/mol. The molecule has 0 spiro atoms. The van der Waals surface area contributed by atoms with E-state index in [-0.39, 0.29) is 6.03 Å². The van der Waals surface area contributed by atoms with Crippen molar-refractivity contribution in [3.8, 4) is 0 Å². The van der Waals surface area contributed by atoms with Gasteiger partial charge in [-0.1, -0.05) is 29.5 Å². The Kier molecular flexibility index (Phi) is 5.34. The third-order valence-electron chi connectivity index (χ3n) is 3.35. The molecule has 0 aliphatic carbocycles. The number of aromatic nitrogens is 1. The van der Waals surface area contributed by atoms with Gasteiger partial charge >= 0.3 is 6.03 Å². The molecule has 2 amide bonds. The van der Waals surface area contributed by atoms with E-state index in [2.05, 4.69) is 15.6 Å². The average Bonchev–Trinajstić information content (AvgIpc) is 2.98. The molecule has 0 saturated carbocycles. The van der Waals surface area contributed by atoms with Crippen molar-refractivity contribution in [2.24, 2.45) is 0 Å². The number of carbonyl (C=O) groups excluding carboxylic acids is 1. The summed E-state index contributed by atoms with van der Waals surface area (Å²) in [5, 5.41) is 6.19. The highest BCUT2D eigenvalue weighted by Gasteiger charge is 2.10. The molecule has 2 aromatic carbocycles. The first-order valence-electron chi connectivity index (χ1n) is 7.29. The summed E-state index contributed by atoms with van der Waals surface area (Å²) in [7, 11) is 1.65. The fourth-order valence-electron chi connectivity index (χ4n) is 2.29. The van der Waals surface area contributed by atoms with E-state index >= 15 is 0 Å². The van der Waals surface area contributed by atoms with Crippen LogP contribution in [0.3, 0.4) is 0 Å². The summed E-state index contributed by atoms with van der Waals surface area (Å²) >= 11 is 3.07. The number of benzene rings is 2. The summed E-state index contributed by atoms with van der Waals surface area (Å²) < 4.78 is 6.21. The van der Waals surface area contributed by atoms with Crippen molar-refractivity contribution in [3.63, 3.8) is 0 Å². The van der Waals surface area contributed by atoms with Crippen LogP contribution >= 0.6 is 23.1 Å². The molecule has 0 aliphatic heterocycles. The molecule has 2 N–H and O–H groups in total. The van der Waals surface area contributed by atoms with Crippen molar-refractivity contribution < 1.29 is 9.53 Å². The van der Waals surface area contributed by atoms with E-state index in [1.165, 1.54) is 11.3 Å². The zero-order chi connectivity index (χ0) is 16.9. The number of thioether (sulfide) groups is 1. The first-order valence-corrected chi connectivity index (χ1v) is 9.33. The summed E-state index contributed by atoms with van der Waals surface area (Å²) in [6.07, 6.45) is 2.00. The van der Waals surface area contributed by atoms with E-state index in [1.54, 1.807) is 18.9 Å². The summed E-state index contributed by atoms with van der Waals surface area (Å²) in [6.45, 7) is 0.494. The number of anilines is 2. The Morgan fingerprint density at radius 1 is 1.25 bits per heavy atom. The molecule has 124 valence electrons. The number of hydrogen-bond acceptors (Lipinski definition) is 5. The minimum atomic E-state index is -0.305. The molecular formula is C17H17N3O2S2. The molecular weight excluding hydrogens is 342 g/mol. The SMILES string of the molecule is COCc1cccc2sc(NC(=O)Nc3cccc(SC)c3)nc12. The van der Waals surface area contributed by atoms with Crippen LogP contribution in [0, 0.1) is 0 Å². The highest BCUT2D eigenvalue weighted by molar-refractivity contribution is 7.98. The minimum absolute atomic E-state index is 0.305. The van der Waals surface area contributed by atoms with Gasteiger partial charge in [-0.25, -0.2) is 9.78 Å². The summed E-state index contributed by atoms with van der Waals surface area (Å²) in [5.74, 6) is 0. The Hall–Kier alpha value is -2.09. The quantitative estimate of drug-likeness (QED) is 0.642. The number of nitrogens with one attached hydrogen (secondary N) is 2. The molecule has 3 rings (SSSR count). The predicted molar refractivity (Wildman–Crippen MR) is 101 cm³/mol. The first-order chi connectivity index (χ1) is 11.7. The number of nitrogens with zero attached hydrogens (tertiary/aromatic N) is 1. The van der Waals surface area contributed by atoms with E-state index in [0.29, 0.717) is 11.7 Å². The molecule has 7 heteroatoms. The highest BCUT2D eigenvalue weighted by atomic mass is 32.2. The maximum atomic E-state index is 12.2. The standard InChI is InChI=1S/C17H17N3O2S2/c1-22-10-11-5-3-8-14-15(11)19-17(24-14)20-16(21)18-12-6-4-7-13(9-12)23-2/h3-9H,10H2,1-2H3,(H2,18,19,20,21). The van der Waals surface area contributed by atoms with Crippen LogP contribution in [0.15, 0.2) is 47.4 Å². The van der Waals surface area contributed by atoms with Crippen LogP contribution < -0.4 is 10.6 Å². The van der Waals surface area contributed by atoms with Crippen molar-refractivity contribution in [1.82, 2.24) is 4.98 Å². The molecule has 24 heavy (non-hydrogen) atoms. The summed E-state index contributed by atoms with van der Waals surface area (Å²) in [5.41, 5.74) is 2.62. The first kappa shape index (κ1) is 16.8.